The van der Waals surface area contributed by atoms with E-state index in [9.17, 15) is 13.2 Å². The van der Waals surface area contributed by atoms with Gasteiger partial charge in [0, 0.05) is 42.6 Å². The highest BCUT2D eigenvalue weighted by Crippen LogP contribution is 2.22. The molecule has 2 aromatic carbocycles. The van der Waals surface area contributed by atoms with Crippen LogP contribution >= 0.6 is 11.6 Å². The van der Waals surface area contributed by atoms with Gasteiger partial charge < -0.3 is 15.1 Å². The van der Waals surface area contributed by atoms with E-state index >= 15 is 0 Å². The molecule has 9 heteroatoms. The number of amides is 1. The van der Waals surface area contributed by atoms with Crippen molar-refractivity contribution in [1.82, 2.24) is 4.90 Å². The topological polar surface area (TPSA) is 73.0 Å². The second kappa shape index (κ2) is 9.02. The molecule has 1 saturated heterocycles. The third kappa shape index (κ3) is 5.85. The third-order valence-electron chi connectivity index (χ3n) is 4.80. The van der Waals surface area contributed by atoms with Crippen molar-refractivity contribution in [2.75, 3.05) is 60.5 Å². The molecule has 0 bridgehead atoms. The molecule has 2 aromatic rings. The summed E-state index contributed by atoms with van der Waals surface area (Å²) in [5.41, 5.74) is 2.07. The summed E-state index contributed by atoms with van der Waals surface area (Å²) < 4.78 is 25.4. The van der Waals surface area contributed by atoms with Gasteiger partial charge in [-0.1, -0.05) is 17.7 Å². The second-order valence-corrected chi connectivity index (χ2v) is 9.48. The molecular weight excluding hydrogens is 412 g/mol. The molecule has 0 radical (unpaired) electrons. The Balaban J connectivity index is 1.66. The minimum Gasteiger partial charge on any atom is -0.369 e. The van der Waals surface area contributed by atoms with Gasteiger partial charge in [0.1, 0.15) is 6.54 Å². The predicted molar refractivity (Wildman–Crippen MR) is 118 cm³/mol. The number of sulfonamides is 1. The number of halogens is 1. The van der Waals surface area contributed by atoms with Crippen LogP contribution < -0.4 is 14.5 Å². The summed E-state index contributed by atoms with van der Waals surface area (Å²) in [6, 6.07) is 14.0. The lowest BCUT2D eigenvalue weighted by molar-refractivity contribution is -0.114. The number of hydrogen-bond donors (Lipinski definition) is 1. The number of carbonyl (C=O) groups excluding carboxylic acids is 1. The molecule has 29 heavy (non-hydrogen) atoms. The molecular formula is C20H25ClN4O3S. The molecule has 1 aliphatic heterocycles. The van der Waals surface area contributed by atoms with Crippen LogP contribution in [0.2, 0.25) is 5.02 Å². The van der Waals surface area contributed by atoms with Crippen molar-refractivity contribution < 1.29 is 13.2 Å². The summed E-state index contributed by atoms with van der Waals surface area (Å²) in [6.07, 6.45) is 1.06. The number of nitrogens with one attached hydrogen (secondary N) is 1. The van der Waals surface area contributed by atoms with Gasteiger partial charge in [-0.25, -0.2) is 8.42 Å². The van der Waals surface area contributed by atoms with Gasteiger partial charge in [0.25, 0.3) is 0 Å². The highest BCUT2D eigenvalue weighted by Gasteiger charge is 2.21. The lowest BCUT2D eigenvalue weighted by Gasteiger charge is -2.34. The molecule has 7 nitrogen and oxygen atoms in total. The van der Waals surface area contributed by atoms with E-state index in [2.05, 4.69) is 22.2 Å². The van der Waals surface area contributed by atoms with E-state index in [-0.39, 0.29) is 6.54 Å². The third-order valence-corrected chi connectivity index (χ3v) is 6.18. The maximum atomic E-state index is 12.5. The zero-order chi connectivity index (χ0) is 21.0. The number of benzene rings is 2. The van der Waals surface area contributed by atoms with Crippen LogP contribution in [0.4, 0.5) is 17.1 Å². The van der Waals surface area contributed by atoms with E-state index in [1.165, 1.54) is 6.07 Å². The van der Waals surface area contributed by atoms with Crippen LogP contribution in [-0.4, -0.2) is 65.3 Å². The first kappa shape index (κ1) is 21.4. The van der Waals surface area contributed by atoms with Crippen molar-refractivity contribution in [3.8, 4) is 0 Å². The maximum absolute atomic E-state index is 12.5. The Morgan fingerprint density at radius 1 is 1.10 bits per heavy atom. The largest absolute Gasteiger partial charge is 0.369 e. The Hall–Kier alpha value is -2.29. The van der Waals surface area contributed by atoms with Crippen molar-refractivity contribution in [1.29, 1.82) is 0 Å². The number of nitrogens with zero attached hydrogens (tertiary/aromatic N) is 3. The molecule has 1 fully saturated rings. The molecule has 3 rings (SSSR count). The van der Waals surface area contributed by atoms with E-state index in [0.717, 1.165) is 42.4 Å². The standard InChI is InChI=1S/C20H25ClN4O3S/c1-23-10-12-24(13-11-23)18-8-6-17(7-9-18)22-20(26)15-25(29(2,27)28)19-5-3-4-16(21)14-19/h3-9,14H,10-13,15H2,1-2H3,(H,22,26). The normalized spacial score (nSPS) is 15.2. The zero-order valence-electron chi connectivity index (χ0n) is 16.5. The average molecular weight is 437 g/mol. The van der Waals surface area contributed by atoms with Gasteiger partial charge in [-0.15, -0.1) is 0 Å². The predicted octanol–water partition coefficient (Wildman–Crippen LogP) is 2.50. The summed E-state index contributed by atoms with van der Waals surface area (Å²) in [5.74, 6) is -0.428. The summed E-state index contributed by atoms with van der Waals surface area (Å²) in [6.45, 7) is 3.63. The lowest BCUT2D eigenvalue weighted by Crippen LogP contribution is -2.44. The van der Waals surface area contributed by atoms with Gasteiger partial charge >= 0.3 is 0 Å². The minimum absolute atomic E-state index is 0.334. The van der Waals surface area contributed by atoms with E-state index in [0.29, 0.717) is 16.4 Å². The lowest BCUT2D eigenvalue weighted by atomic mass is 10.2. The molecule has 0 aromatic heterocycles. The number of rotatable bonds is 6. The van der Waals surface area contributed by atoms with Gasteiger partial charge in [0.05, 0.1) is 11.9 Å². The molecule has 1 N–H and O–H groups in total. The van der Waals surface area contributed by atoms with Gasteiger partial charge in [-0.3, -0.25) is 9.10 Å². The van der Waals surface area contributed by atoms with Crippen molar-refractivity contribution in [2.24, 2.45) is 0 Å². The maximum Gasteiger partial charge on any atom is 0.245 e. The monoisotopic (exact) mass is 436 g/mol. The molecule has 0 unspecified atom stereocenters. The van der Waals surface area contributed by atoms with Gasteiger partial charge in [-0.05, 0) is 49.5 Å². The Morgan fingerprint density at radius 3 is 2.34 bits per heavy atom. The number of carbonyl (C=O) groups is 1. The van der Waals surface area contributed by atoms with Crippen LogP contribution in [0.15, 0.2) is 48.5 Å². The van der Waals surface area contributed by atoms with Crippen molar-refractivity contribution in [3.63, 3.8) is 0 Å². The molecule has 0 aliphatic carbocycles. The summed E-state index contributed by atoms with van der Waals surface area (Å²) in [5, 5.41) is 3.16. The molecule has 1 amide bonds. The van der Waals surface area contributed by atoms with Crippen molar-refractivity contribution >= 4 is 44.6 Å². The quantitative estimate of drug-likeness (QED) is 0.753. The van der Waals surface area contributed by atoms with Crippen molar-refractivity contribution in [2.45, 2.75) is 0 Å². The number of hydrogen-bond acceptors (Lipinski definition) is 5. The second-order valence-electron chi connectivity index (χ2n) is 7.13. The van der Waals surface area contributed by atoms with E-state index in [1.807, 2.05) is 24.3 Å². The van der Waals surface area contributed by atoms with Gasteiger partial charge in [-0.2, -0.15) is 0 Å². The molecule has 0 spiro atoms. The minimum atomic E-state index is -3.64. The van der Waals surface area contributed by atoms with E-state index in [1.54, 1.807) is 18.2 Å². The molecule has 156 valence electrons. The Labute approximate surface area is 176 Å². The summed E-state index contributed by atoms with van der Waals surface area (Å²) in [7, 11) is -1.53. The van der Waals surface area contributed by atoms with Gasteiger partial charge in [0.15, 0.2) is 0 Å². The highest BCUT2D eigenvalue weighted by atomic mass is 35.5. The molecule has 1 aliphatic rings. The fourth-order valence-electron chi connectivity index (χ4n) is 3.18. The molecule has 1 heterocycles. The van der Waals surface area contributed by atoms with Crippen LogP contribution in [0, 0.1) is 0 Å². The highest BCUT2D eigenvalue weighted by molar-refractivity contribution is 7.92. The Morgan fingerprint density at radius 2 is 1.76 bits per heavy atom. The smallest absolute Gasteiger partial charge is 0.245 e. The fraction of sp³-hybridized carbons (Fsp3) is 0.350. The fourth-order valence-corrected chi connectivity index (χ4v) is 4.22. The van der Waals surface area contributed by atoms with E-state index in [4.69, 9.17) is 11.6 Å². The number of likely N-dealkylation sites (N-methyl/N-ethyl adjacent to an activating group) is 1. The van der Waals surface area contributed by atoms with Crippen LogP contribution in [-0.2, 0) is 14.8 Å². The summed E-state index contributed by atoms with van der Waals surface area (Å²) in [4.78, 5) is 17.1. The molecule has 0 saturated carbocycles. The Bertz CT molecular complexity index is 958. The average Bonchev–Trinajstić information content (AvgIpc) is 2.66. The number of piperazine rings is 1. The first-order valence-electron chi connectivity index (χ1n) is 9.29. The molecule has 0 atom stereocenters. The Kier molecular flexibility index (Phi) is 6.66. The van der Waals surface area contributed by atoms with Crippen LogP contribution in [0.1, 0.15) is 0 Å². The van der Waals surface area contributed by atoms with Crippen LogP contribution in [0.5, 0.6) is 0 Å². The van der Waals surface area contributed by atoms with Crippen LogP contribution in [0.25, 0.3) is 0 Å². The van der Waals surface area contributed by atoms with Crippen LogP contribution in [0.3, 0.4) is 0 Å². The first-order valence-corrected chi connectivity index (χ1v) is 11.5. The first-order chi connectivity index (χ1) is 13.7. The summed E-state index contributed by atoms with van der Waals surface area (Å²) >= 11 is 5.96. The van der Waals surface area contributed by atoms with Crippen molar-refractivity contribution in [3.05, 3.63) is 53.6 Å². The van der Waals surface area contributed by atoms with Gasteiger partial charge in [0.2, 0.25) is 15.9 Å². The number of anilines is 3. The van der Waals surface area contributed by atoms with E-state index < -0.39 is 15.9 Å². The zero-order valence-corrected chi connectivity index (χ0v) is 18.1. The SMILES string of the molecule is CN1CCN(c2ccc(NC(=O)CN(c3cccc(Cl)c3)S(C)(=O)=O)cc2)CC1.